The summed E-state index contributed by atoms with van der Waals surface area (Å²) >= 11 is 3.53. The minimum Gasteiger partial charge on any atom is -0.326 e. The Morgan fingerprint density at radius 2 is 2.08 bits per heavy atom. The van der Waals surface area contributed by atoms with E-state index in [0.29, 0.717) is 5.95 Å². The third-order valence-corrected chi connectivity index (χ3v) is 4.58. The molecule has 4 rings (SSSR count). The van der Waals surface area contributed by atoms with Crippen molar-refractivity contribution in [2.45, 2.75) is 13.0 Å². The van der Waals surface area contributed by atoms with Crippen molar-refractivity contribution in [3.63, 3.8) is 0 Å². The lowest BCUT2D eigenvalue weighted by atomic mass is 10.0. The van der Waals surface area contributed by atoms with Gasteiger partial charge in [-0.2, -0.15) is 10.1 Å². The number of benzene rings is 2. The topological polar surface area (TPSA) is 71.8 Å². The molecule has 1 aliphatic heterocycles. The van der Waals surface area contributed by atoms with Crippen molar-refractivity contribution < 1.29 is 4.79 Å². The number of allylic oxidation sites excluding steroid dienone is 1. The van der Waals surface area contributed by atoms with Crippen molar-refractivity contribution >= 4 is 39.2 Å². The van der Waals surface area contributed by atoms with E-state index in [1.807, 2.05) is 41.1 Å². The zero-order valence-corrected chi connectivity index (χ0v) is 15.6. The minimum atomic E-state index is -0.0977. The van der Waals surface area contributed by atoms with Crippen molar-refractivity contribution in [3.05, 3.63) is 76.5 Å². The fourth-order valence-electron chi connectivity index (χ4n) is 3.00. The van der Waals surface area contributed by atoms with Crippen LogP contribution < -0.4 is 10.6 Å². The van der Waals surface area contributed by atoms with E-state index in [0.717, 1.165) is 27.0 Å². The Balaban J connectivity index is 1.76. The first-order chi connectivity index (χ1) is 12.6. The Kier molecular flexibility index (Phi) is 4.30. The predicted octanol–water partition coefficient (Wildman–Crippen LogP) is 4.06. The zero-order chi connectivity index (χ0) is 18.1. The molecule has 0 bridgehead atoms. The van der Waals surface area contributed by atoms with Crippen molar-refractivity contribution in [2.75, 3.05) is 10.6 Å². The van der Waals surface area contributed by atoms with Gasteiger partial charge < -0.3 is 10.6 Å². The van der Waals surface area contributed by atoms with Gasteiger partial charge in [-0.1, -0.05) is 40.2 Å². The molecule has 1 aliphatic rings. The van der Waals surface area contributed by atoms with Crippen LogP contribution in [0.25, 0.3) is 5.70 Å². The Morgan fingerprint density at radius 1 is 1.23 bits per heavy atom. The summed E-state index contributed by atoms with van der Waals surface area (Å²) in [6, 6.07) is 15.8. The van der Waals surface area contributed by atoms with E-state index in [1.165, 1.54) is 13.3 Å². The van der Waals surface area contributed by atoms with Gasteiger partial charge >= 0.3 is 0 Å². The lowest BCUT2D eigenvalue weighted by Crippen LogP contribution is -2.20. The van der Waals surface area contributed by atoms with Crippen molar-refractivity contribution in [3.8, 4) is 0 Å². The zero-order valence-electron chi connectivity index (χ0n) is 14.0. The average molecular weight is 410 g/mol. The molecule has 2 heterocycles. The number of hydrogen-bond acceptors (Lipinski definition) is 4. The van der Waals surface area contributed by atoms with Crippen LogP contribution in [-0.2, 0) is 4.79 Å². The molecule has 0 fully saturated rings. The van der Waals surface area contributed by atoms with Gasteiger partial charge in [-0.05, 0) is 41.5 Å². The van der Waals surface area contributed by atoms with Crippen LogP contribution in [0.3, 0.4) is 0 Å². The van der Waals surface area contributed by atoms with Crippen LogP contribution >= 0.6 is 15.9 Å². The first-order valence-corrected chi connectivity index (χ1v) is 8.91. The number of halogens is 1. The van der Waals surface area contributed by atoms with Crippen molar-refractivity contribution in [2.24, 2.45) is 0 Å². The van der Waals surface area contributed by atoms with Crippen LogP contribution in [-0.4, -0.2) is 20.7 Å². The second-order valence-electron chi connectivity index (χ2n) is 6.00. The highest BCUT2D eigenvalue weighted by molar-refractivity contribution is 9.10. The molecule has 26 heavy (non-hydrogen) atoms. The standard InChI is InChI=1S/C19H16BrN5O/c1-12(26)23-16-7-3-4-13(9-16)17-10-18(14-5-2-6-15(20)8-14)25-19(24-17)21-11-22-25/h2-11,18H,1H3,(H,23,26)(H,21,22,24)/t18-/m1/s1. The van der Waals surface area contributed by atoms with Gasteiger partial charge in [0, 0.05) is 22.8 Å². The number of carbonyl (C=O) groups is 1. The molecule has 0 saturated heterocycles. The molecule has 7 heteroatoms. The van der Waals surface area contributed by atoms with E-state index >= 15 is 0 Å². The van der Waals surface area contributed by atoms with E-state index in [9.17, 15) is 4.79 Å². The fourth-order valence-corrected chi connectivity index (χ4v) is 3.41. The number of carbonyl (C=O) groups excluding carboxylic acids is 1. The van der Waals surface area contributed by atoms with E-state index in [-0.39, 0.29) is 11.9 Å². The van der Waals surface area contributed by atoms with Crippen LogP contribution in [0, 0.1) is 0 Å². The van der Waals surface area contributed by atoms with Crippen LogP contribution in [0.5, 0.6) is 0 Å². The molecule has 1 atom stereocenters. The van der Waals surface area contributed by atoms with Gasteiger partial charge in [0.2, 0.25) is 11.9 Å². The minimum absolute atomic E-state index is 0.0781. The molecule has 6 nitrogen and oxygen atoms in total. The number of aromatic nitrogens is 3. The summed E-state index contributed by atoms with van der Waals surface area (Å²) in [7, 11) is 0. The maximum absolute atomic E-state index is 11.3. The first kappa shape index (κ1) is 16.5. The Bertz CT molecular complexity index is 1010. The Hall–Kier alpha value is -2.93. The summed E-state index contributed by atoms with van der Waals surface area (Å²) in [4.78, 5) is 15.7. The number of amides is 1. The molecule has 0 saturated carbocycles. The maximum atomic E-state index is 11.3. The molecule has 3 aromatic rings. The highest BCUT2D eigenvalue weighted by Crippen LogP contribution is 2.33. The molecule has 0 spiro atoms. The van der Waals surface area contributed by atoms with Gasteiger partial charge in [-0.25, -0.2) is 4.68 Å². The summed E-state index contributed by atoms with van der Waals surface area (Å²) in [5.41, 5.74) is 3.74. The molecule has 0 radical (unpaired) electrons. The highest BCUT2D eigenvalue weighted by Gasteiger charge is 2.23. The number of hydrogen-bond donors (Lipinski definition) is 2. The van der Waals surface area contributed by atoms with Crippen molar-refractivity contribution in [1.82, 2.24) is 14.8 Å². The molecular weight excluding hydrogens is 394 g/mol. The molecule has 0 aliphatic carbocycles. The van der Waals surface area contributed by atoms with Crippen LogP contribution in [0.15, 0.2) is 65.4 Å². The first-order valence-electron chi connectivity index (χ1n) is 8.12. The molecular formula is C19H16BrN5O. The quantitative estimate of drug-likeness (QED) is 0.684. The number of fused-ring (bicyclic) bond motifs is 1. The number of anilines is 2. The van der Waals surface area contributed by atoms with Gasteiger partial charge in [0.15, 0.2) is 0 Å². The molecule has 130 valence electrons. The molecule has 1 aromatic heterocycles. The van der Waals surface area contributed by atoms with E-state index in [2.05, 4.69) is 54.9 Å². The third kappa shape index (κ3) is 3.25. The fraction of sp³-hybridized carbons (Fsp3) is 0.105. The normalized spacial score (nSPS) is 15.6. The largest absolute Gasteiger partial charge is 0.326 e. The van der Waals surface area contributed by atoms with E-state index in [4.69, 9.17) is 0 Å². The maximum Gasteiger partial charge on any atom is 0.226 e. The lowest BCUT2D eigenvalue weighted by Gasteiger charge is -2.24. The van der Waals surface area contributed by atoms with E-state index in [1.54, 1.807) is 0 Å². The molecule has 2 N–H and O–H groups in total. The SMILES string of the molecule is CC(=O)Nc1cccc(C2=C[C@H](c3cccc(Br)c3)n3ncnc3N2)c1. The van der Waals surface area contributed by atoms with Gasteiger partial charge in [-0.3, -0.25) is 4.79 Å². The summed E-state index contributed by atoms with van der Waals surface area (Å²) in [5, 5.41) is 10.5. The van der Waals surface area contributed by atoms with Crippen molar-refractivity contribution in [1.29, 1.82) is 0 Å². The lowest BCUT2D eigenvalue weighted by molar-refractivity contribution is -0.114. The van der Waals surface area contributed by atoms with Gasteiger partial charge in [0.05, 0.1) is 0 Å². The van der Waals surface area contributed by atoms with Gasteiger partial charge in [-0.15, -0.1) is 0 Å². The molecule has 1 amide bonds. The smallest absolute Gasteiger partial charge is 0.226 e. The summed E-state index contributed by atoms with van der Waals surface area (Å²) in [6.45, 7) is 1.50. The van der Waals surface area contributed by atoms with Gasteiger partial charge in [0.25, 0.3) is 0 Å². The van der Waals surface area contributed by atoms with E-state index < -0.39 is 0 Å². The summed E-state index contributed by atoms with van der Waals surface area (Å²) in [5.74, 6) is 0.580. The van der Waals surface area contributed by atoms with Crippen LogP contribution in [0.2, 0.25) is 0 Å². The average Bonchev–Trinajstić information content (AvgIpc) is 3.09. The second kappa shape index (κ2) is 6.76. The second-order valence-corrected chi connectivity index (χ2v) is 6.91. The summed E-state index contributed by atoms with van der Waals surface area (Å²) in [6.07, 6.45) is 3.65. The number of nitrogens with zero attached hydrogens (tertiary/aromatic N) is 3. The number of nitrogens with one attached hydrogen (secondary N) is 2. The summed E-state index contributed by atoms with van der Waals surface area (Å²) < 4.78 is 2.86. The third-order valence-electron chi connectivity index (χ3n) is 4.09. The molecule has 0 unspecified atom stereocenters. The van der Waals surface area contributed by atoms with Crippen LogP contribution in [0.1, 0.15) is 24.1 Å². The molecule has 2 aromatic carbocycles. The Morgan fingerprint density at radius 3 is 2.88 bits per heavy atom. The van der Waals surface area contributed by atoms with Crippen LogP contribution in [0.4, 0.5) is 11.6 Å². The highest BCUT2D eigenvalue weighted by atomic mass is 79.9. The number of rotatable bonds is 3. The van der Waals surface area contributed by atoms with Gasteiger partial charge in [0.1, 0.15) is 12.4 Å². The predicted molar refractivity (Wildman–Crippen MR) is 105 cm³/mol. The Labute approximate surface area is 159 Å². The monoisotopic (exact) mass is 409 g/mol.